The van der Waals surface area contributed by atoms with Gasteiger partial charge in [-0.2, -0.15) is 0 Å². The standard InChI is InChI=1S/C9H12N2O3/c1-4-7(13)10-9(6(3)12)11-8(14)5-2/h4-5,9H,1-2H2,3H3,(H,10,13)(H,11,14). The van der Waals surface area contributed by atoms with Gasteiger partial charge in [-0.25, -0.2) is 0 Å². The highest BCUT2D eigenvalue weighted by atomic mass is 16.2. The van der Waals surface area contributed by atoms with Crippen LogP contribution in [0.5, 0.6) is 0 Å². The minimum absolute atomic E-state index is 0.379. The Morgan fingerprint density at radius 1 is 1.07 bits per heavy atom. The van der Waals surface area contributed by atoms with E-state index in [0.29, 0.717) is 0 Å². The quantitative estimate of drug-likeness (QED) is 0.460. The number of hydrogen-bond acceptors (Lipinski definition) is 3. The van der Waals surface area contributed by atoms with E-state index < -0.39 is 18.0 Å². The average molecular weight is 196 g/mol. The summed E-state index contributed by atoms with van der Waals surface area (Å²) in [5.41, 5.74) is 0. The van der Waals surface area contributed by atoms with E-state index in [1.807, 2.05) is 0 Å². The van der Waals surface area contributed by atoms with Crippen molar-refractivity contribution in [2.45, 2.75) is 13.1 Å². The van der Waals surface area contributed by atoms with E-state index in [1.165, 1.54) is 6.92 Å². The molecule has 5 heteroatoms. The van der Waals surface area contributed by atoms with Gasteiger partial charge < -0.3 is 10.6 Å². The predicted octanol–water partition coefficient (Wildman–Crippen LogP) is -0.494. The monoisotopic (exact) mass is 196 g/mol. The van der Waals surface area contributed by atoms with Crippen molar-refractivity contribution >= 4 is 17.6 Å². The number of ketones is 1. The summed E-state index contributed by atoms with van der Waals surface area (Å²) in [6.07, 6.45) is 0.984. The maximum Gasteiger partial charge on any atom is 0.245 e. The summed E-state index contributed by atoms with van der Waals surface area (Å²) in [5.74, 6) is -1.44. The van der Waals surface area contributed by atoms with Crippen LogP contribution in [0.2, 0.25) is 0 Å². The van der Waals surface area contributed by atoms with Gasteiger partial charge in [-0.05, 0) is 19.1 Å². The summed E-state index contributed by atoms with van der Waals surface area (Å²) in [6.45, 7) is 7.68. The molecule has 0 aromatic rings. The highest BCUT2D eigenvalue weighted by Crippen LogP contribution is 1.83. The molecule has 76 valence electrons. The molecule has 0 spiro atoms. The molecule has 0 aliphatic carbocycles. The molecule has 0 heterocycles. The summed E-state index contributed by atoms with van der Waals surface area (Å²) in [7, 11) is 0. The van der Waals surface area contributed by atoms with Crippen LogP contribution in [0.3, 0.4) is 0 Å². The minimum Gasteiger partial charge on any atom is -0.326 e. The van der Waals surface area contributed by atoms with Crippen LogP contribution in [0, 0.1) is 0 Å². The van der Waals surface area contributed by atoms with Crippen molar-refractivity contribution in [2.24, 2.45) is 0 Å². The first-order valence-electron chi connectivity index (χ1n) is 3.87. The van der Waals surface area contributed by atoms with Crippen LogP contribution in [0.4, 0.5) is 0 Å². The molecular weight excluding hydrogens is 184 g/mol. The Kier molecular flexibility index (Phi) is 4.91. The number of Topliss-reactive ketones (excluding diaryl/α,β-unsaturated/α-hetero) is 1. The molecule has 0 saturated heterocycles. The Labute approximate surface area is 81.9 Å². The smallest absolute Gasteiger partial charge is 0.245 e. The van der Waals surface area contributed by atoms with Gasteiger partial charge in [0.1, 0.15) is 0 Å². The van der Waals surface area contributed by atoms with Crippen LogP contribution in [0.1, 0.15) is 6.92 Å². The molecule has 0 bridgehead atoms. The molecule has 0 aromatic carbocycles. The number of rotatable bonds is 5. The van der Waals surface area contributed by atoms with Gasteiger partial charge in [0, 0.05) is 0 Å². The fourth-order valence-electron chi connectivity index (χ4n) is 0.642. The van der Waals surface area contributed by atoms with Crippen molar-refractivity contribution < 1.29 is 14.4 Å². The summed E-state index contributed by atoms with van der Waals surface area (Å²) in [4.78, 5) is 32.6. The number of carbonyl (C=O) groups is 3. The van der Waals surface area contributed by atoms with Gasteiger partial charge in [0.25, 0.3) is 0 Å². The van der Waals surface area contributed by atoms with Crippen LogP contribution in [-0.2, 0) is 14.4 Å². The Morgan fingerprint density at radius 2 is 1.43 bits per heavy atom. The van der Waals surface area contributed by atoms with Gasteiger partial charge in [0.2, 0.25) is 11.8 Å². The fraction of sp³-hybridized carbons (Fsp3) is 0.222. The maximum absolute atomic E-state index is 10.9. The number of amides is 2. The van der Waals surface area contributed by atoms with E-state index in [0.717, 1.165) is 12.2 Å². The molecule has 0 atom stereocenters. The van der Waals surface area contributed by atoms with Gasteiger partial charge in [0.15, 0.2) is 11.9 Å². The molecule has 0 aliphatic rings. The molecule has 0 saturated carbocycles. The van der Waals surface area contributed by atoms with Gasteiger partial charge >= 0.3 is 0 Å². The van der Waals surface area contributed by atoms with Gasteiger partial charge in [-0.1, -0.05) is 13.2 Å². The second-order valence-electron chi connectivity index (χ2n) is 2.47. The van der Waals surface area contributed by atoms with Crippen molar-refractivity contribution in [1.82, 2.24) is 10.6 Å². The van der Waals surface area contributed by atoms with E-state index in [1.54, 1.807) is 0 Å². The molecule has 0 aromatic heterocycles. The minimum atomic E-state index is -1.04. The largest absolute Gasteiger partial charge is 0.326 e. The van der Waals surface area contributed by atoms with Gasteiger partial charge in [0.05, 0.1) is 0 Å². The normalized spacial score (nSPS) is 9.00. The van der Waals surface area contributed by atoms with Crippen LogP contribution in [0.25, 0.3) is 0 Å². The van der Waals surface area contributed by atoms with Gasteiger partial charge in [-0.15, -0.1) is 0 Å². The summed E-state index contributed by atoms with van der Waals surface area (Å²) in [6, 6.07) is 0. The third-order valence-electron chi connectivity index (χ3n) is 1.35. The van der Waals surface area contributed by atoms with Crippen molar-refractivity contribution in [3.8, 4) is 0 Å². The SMILES string of the molecule is C=CC(=O)NC(NC(=O)C=C)C(C)=O. The summed E-state index contributed by atoms with van der Waals surface area (Å²) >= 11 is 0. The number of nitrogens with one attached hydrogen (secondary N) is 2. The third kappa shape index (κ3) is 4.20. The topological polar surface area (TPSA) is 75.3 Å². The molecule has 5 nitrogen and oxygen atoms in total. The molecule has 0 aliphatic heterocycles. The molecule has 2 amide bonds. The zero-order valence-corrected chi connectivity index (χ0v) is 7.87. The van der Waals surface area contributed by atoms with Crippen LogP contribution in [0.15, 0.2) is 25.3 Å². The zero-order valence-electron chi connectivity index (χ0n) is 7.87. The number of carbonyl (C=O) groups excluding carboxylic acids is 3. The molecule has 0 unspecified atom stereocenters. The lowest BCUT2D eigenvalue weighted by atomic mass is 10.3. The lowest BCUT2D eigenvalue weighted by Gasteiger charge is -2.14. The second kappa shape index (κ2) is 5.69. The van der Waals surface area contributed by atoms with Crippen LogP contribution < -0.4 is 10.6 Å². The van der Waals surface area contributed by atoms with E-state index >= 15 is 0 Å². The first kappa shape index (κ1) is 12.1. The first-order valence-corrected chi connectivity index (χ1v) is 3.87. The molecule has 2 N–H and O–H groups in total. The lowest BCUT2D eigenvalue weighted by molar-refractivity contribution is -0.128. The van der Waals surface area contributed by atoms with Crippen LogP contribution >= 0.6 is 0 Å². The molecule has 0 fully saturated rings. The first-order chi connectivity index (χ1) is 6.51. The number of hydrogen-bond donors (Lipinski definition) is 2. The molecule has 0 rings (SSSR count). The molecule has 14 heavy (non-hydrogen) atoms. The summed E-state index contributed by atoms with van der Waals surface area (Å²) in [5, 5.41) is 4.49. The van der Waals surface area contributed by atoms with Crippen LogP contribution in [-0.4, -0.2) is 23.8 Å². The average Bonchev–Trinajstić information content (AvgIpc) is 2.16. The highest BCUT2D eigenvalue weighted by Gasteiger charge is 2.16. The predicted molar refractivity (Wildman–Crippen MR) is 51.1 cm³/mol. The molecule has 0 radical (unpaired) electrons. The molecular formula is C9H12N2O3. The van der Waals surface area contributed by atoms with Crippen molar-refractivity contribution in [3.05, 3.63) is 25.3 Å². The Hall–Kier alpha value is -1.91. The fourth-order valence-corrected chi connectivity index (χ4v) is 0.642. The lowest BCUT2D eigenvalue weighted by Crippen LogP contribution is -2.51. The Bertz CT molecular complexity index is 262. The Morgan fingerprint density at radius 3 is 1.64 bits per heavy atom. The zero-order chi connectivity index (χ0) is 11.1. The second-order valence-corrected chi connectivity index (χ2v) is 2.47. The van der Waals surface area contributed by atoms with E-state index in [4.69, 9.17) is 0 Å². The van der Waals surface area contributed by atoms with E-state index in [9.17, 15) is 14.4 Å². The van der Waals surface area contributed by atoms with E-state index in [-0.39, 0.29) is 5.78 Å². The highest BCUT2D eigenvalue weighted by molar-refractivity contribution is 5.96. The van der Waals surface area contributed by atoms with Crippen molar-refractivity contribution in [1.29, 1.82) is 0 Å². The van der Waals surface area contributed by atoms with Crippen molar-refractivity contribution in [3.63, 3.8) is 0 Å². The summed E-state index contributed by atoms with van der Waals surface area (Å²) < 4.78 is 0. The Balaban J connectivity index is 4.37. The van der Waals surface area contributed by atoms with Crippen molar-refractivity contribution in [2.75, 3.05) is 0 Å². The van der Waals surface area contributed by atoms with Gasteiger partial charge in [-0.3, -0.25) is 14.4 Å². The maximum atomic E-state index is 10.9. The third-order valence-corrected chi connectivity index (χ3v) is 1.35. The van der Waals surface area contributed by atoms with E-state index in [2.05, 4.69) is 23.8 Å².